The molecule has 0 saturated carbocycles. The quantitative estimate of drug-likeness (QED) is 0.0262. The van der Waals surface area contributed by atoms with Gasteiger partial charge in [-0.05, 0) is 83.5 Å². The van der Waals surface area contributed by atoms with E-state index >= 15 is 0 Å². The van der Waals surface area contributed by atoms with Crippen molar-refractivity contribution < 1.29 is 28.6 Å². The molecule has 6 heteroatoms. The van der Waals surface area contributed by atoms with Gasteiger partial charge in [-0.1, -0.05) is 258 Å². The van der Waals surface area contributed by atoms with E-state index in [1.807, 2.05) is 24.3 Å². The molecule has 0 amide bonds. The van der Waals surface area contributed by atoms with Crippen LogP contribution in [0.3, 0.4) is 0 Å². The Hall–Kier alpha value is -4.19. The third-order valence-electron chi connectivity index (χ3n) is 11.5. The summed E-state index contributed by atoms with van der Waals surface area (Å²) in [4.78, 5) is 38.1. The molecule has 0 aromatic heterocycles. The molecule has 0 aromatic rings. The summed E-state index contributed by atoms with van der Waals surface area (Å²) >= 11 is 0. The minimum atomic E-state index is -0.849. The van der Waals surface area contributed by atoms with Crippen LogP contribution in [-0.2, 0) is 28.6 Å². The summed E-state index contributed by atoms with van der Waals surface area (Å²) in [5.74, 6) is -1.10. The van der Waals surface area contributed by atoms with Crippen LogP contribution in [0.1, 0.15) is 239 Å². The van der Waals surface area contributed by atoms with Crippen molar-refractivity contribution in [3.63, 3.8) is 0 Å². The van der Waals surface area contributed by atoms with Crippen molar-refractivity contribution in [3.05, 3.63) is 122 Å². The third kappa shape index (κ3) is 54.6. The first-order valence-corrected chi connectivity index (χ1v) is 28.0. The van der Waals surface area contributed by atoms with Gasteiger partial charge in [-0.15, -0.1) is 0 Å². The predicted molar refractivity (Wildman–Crippen MR) is 297 cm³/mol. The molecule has 0 aliphatic heterocycles. The van der Waals surface area contributed by atoms with E-state index in [1.165, 1.54) is 103 Å². The van der Waals surface area contributed by atoms with E-state index < -0.39 is 12.1 Å². The normalized spacial score (nSPS) is 13.0. The van der Waals surface area contributed by atoms with Crippen LogP contribution in [0, 0.1) is 0 Å². The van der Waals surface area contributed by atoms with Gasteiger partial charge < -0.3 is 14.2 Å². The van der Waals surface area contributed by atoms with E-state index in [-0.39, 0.29) is 38.0 Å². The van der Waals surface area contributed by atoms with Gasteiger partial charge in [0.2, 0.25) is 0 Å². The Morgan fingerprint density at radius 2 is 0.565 bits per heavy atom. The number of carbonyl (C=O) groups excluding carboxylic acids is 3. The number of allylic oxidation sites excluding steroid dienone is 20. The van der Waals surface area contributed by atoms with Crippen molar-refractivity contribution in [3.8, 4) is 0 Å². The van der Waals surface area contributed by atoms with Crippen LogP contribution >= 0.6 is 0 Å². The van der Waals surface area contributed by atoms with Gasteiger partial charge >= 0.3 is 17.9 Å². The summed E-state index contributed by atoms with van der Waals surface area (Å²) in [5, 5.41) is 0. The SMILES string of the molecule is CC/C=C\C/C=C\C/C=C\C/C=C\C/C=C\CCC(=O)OCC(COC(=O)CCCCCCCCCCCCCCCCCCCCC)OC(=O)CC/C=C\C/C=C\C/C=C\C/C=C\C/C=C\CC. The maximum Gasteiger partial charge on any atom is 0.306 e. The fourth-order valence-corrected chi connectivity index (χ4v) is 7.36. The lowest BCUT2D eigenvalue weighted by atomic mass is 10.0. The smallest absolute Gasteiger partial charge is 0.306 e. The molecule has 0 N–H and O–H groups in total. The van der Waals surface area contributed by atoms with E-state index in [4.69, 9.17) is 14.2 Å². The lowest BCUT2D eigenvalue weighted by molar-refractivity contribution is -0.166. The Balaban J connectivity index is 4.55. The first-order chi connectivity index (χ1) is 34.0. The zero-order valence-corrected chi connectivity index (χ0v) is 44.5. The number of hydrogen-bond acceptors (Lipinski definition) is 6. The number of esters is 3. The number of hydrogen-bond donors (Lipinski definition) is 0. The molecule has 0 fully saturated rings. The summed E-state index contributed by atoms with van der Waals surface area (Å²) in [6, 6.07) is 0. The van der Waals surface area contributed by atoms with Gasteiger partial charge in [-0.25, -0.2) is 0 Å². The molecule has 390 valence electrons. The second-order valence-corrected chi connectivity index (χ2v) is 18.1. The minimum absolute atomic E-state index is 0.132. The lowest BCUT2D eigenvalue weighted by Crippen LogP contribution is -2.30. The summed E-state index contributed by atoms with van der Waals surface area (Å²) < 4.78 is 16.7. The third-order valence-corrected chi connectivity index (χ3v) is 11.5. The number of ether oxygens (including phenoxy) is 3. The van der Waals surface area contributed by atoms with Gasteiger partial charge in [0.05, 0.1) is 0 Å². The highest BCUT2D eigenvalue weighted by molar-refractivity contribution is 5.71. The zero-order valence-electron chi connectivity index (χ0n) is 44.5. The average Bonchev–Trinajstić information content (AvgIpc) is 3.35. The highest BCUT2D eigenvalue weighted by atomic mass is 16.6. The monoisotopic (exact) mass is 955 g/mol. The highest BCUT2D eigenvalue weighted by Gasteiger charge is 2.19. The Kier molecular flexibility index (Phi) is 53.0. The van der Waals surface area contributed by atoms with E-state index in [9.17, 15) is 14.4 Å². The zero-order chi connectivity index (χ0) is 50.0. The molecule has 0 heterocycles. The largest absolute Gasteiger partial charge is 0.462 e. The predicted octanol–water partition coefficient (Wildman–Crippen LogP) is 18.9. The number of rotatable bonds is 49. The maximum absolute atomic E-state index is 12.8. The second kappa shape index (κ2) is 56.4. The molecule has 0 rings (SSSR count). The Morgan fingerprint density at radius 1 is 0.304 bits per heavy atom. The molecule has 0 aliphatic carbocycles. The first-order valence-electron chi connectivity index (χ1n) is 28.0. The number of unbranched alkanes of at least 4 members (excludes halogenated alkanes) is 18. The summed E-state index contributed by atoms with van der Waals surface area (Å²) in [6.45, 7) is 6.29. The Bertz CT molecular complexity index is 1470. The van der Waals surface area contributed by atoms with Crippen LogP contribution in [0.4, 0.5) is 0 Å². The topological polar surface area (TPSA) is 78.9 Å². The summed E-state index contributed by atoms with van der Waals surface area (Å²) in [5.41, 5.74) is 0. The Labute approximate surface area is 424 Å². The van der Waals surface area contributed by atoms with Gasteiger partial charge in [0.15, 0.2) is 6.10 Å². The molecule has 0 radical (unpaired) electrons. The molecule has 6 nitrogen and oxygen atoms in total. The van der Waals surface area contributed by atoms with Crippen molar-refractivity contribution >= 4 is 17.9 Å². The van der Waals surface area contributed by atoms with Gasteiger partial charge in [0, 0.05) is 19.3 Å². The molecule has 69 heavy (non-hydrogen) atoms. The maximum atomic E-state index is 12.8. The van der Waals surface area contributed by atoms with E-state index in [0.717, 1.165) is 83.5 Å². The number of carbonyl (C=O) groups is 3. The summed E-state index contributed by atoms with van der Waals surface area (Å²) in [6.07, 6.45) is 77.9. The van der Waals surface area contributed by atoms with Crippen LogP contribution in [0.5, 0.6) is 0 Å². The summed E-state index contributed by atoms with van der Waals surface area (Å²) in [7, 11) is 0. The molecular weight excluding hydrogens is 853 g/mol. The van der Waals surface area contributed by atoms with Crippen molar-refractivity contribution in [1.82, 2.24) is 0 Å². The van der Waals surface area contributed by atoms with Crippen LogP contribution in [-0.4, -0.2) is 37.2 Å². The van der Waals surface area contributed by atoms with Crippen LogP contribution in [0.2, 0.25) is 0 Å². The lowest BCUT2D eigenvalue weighted by Gasteiger charge is -2.18. The molecule has 0 aromatic carbocycles. The second-order valence-electron chi connectivity index (χ2n) is 18.1. The highest BCUT2D eigenvalue weighted by Crippen LogP contribution is 2.15. The molecule has 0 aliphatic rings. The van der Waals surface area contributed by atoms with Gasteiger partial charge in [-0.2, -0.15) is 0 Å². The van der Waals surface area contributed by atoms with E-state index in [2.05, 4.69) is 118 Å². The van der Waals surface area contributed by atoms with Gasteiger partial charge in [-0.3, -0.25) is 14.4 Å². The molecule has 0 spiro atoms. The van der Waals surface area contributed by atoms with Crippen molar-refractivity contribution in [2.45, 2.75) is 245 Å². The van der Waals surface area contributed by atoms with Gasteiger partial charge in [0.1, 0.15) is 13.2 Å². The van der Waals surface area contributed by atoms with Crippen molar-refractivity contribution in [2.75, 3.05) is 13.2 Å². The van der Waals surface area contributed by atoms with E-state index in [1.54, 1.807) is 0 Å². The molecule has 0 bridgehead atoms. The van der Waals surface area contributed by atoms with Crippen molar-refractivity contribution in [2.24, 2.45) is 0 Å². The van der Waals surface area contributed by atoms with Gasteiger partial charge in [0.25, 0.3) is 0 Å². The van der Waals surface area contributed by atoms with Crippen molar-refractivity contribution in [1.29, 1.82) is 0 Å². The molecule has 1 unspecified atom stereocenters. The van der Waals surface area contributed by atoms with Crippen LogP contribution < -0.4 is 0 Å². The van der Waals surface area contributed by atoms with E-state index in [0.29, 0.717) is 19.3 Å². The fraction of sp³-hybridized carbons (Fsp3) is 0.635. The molecule has 0 saturated heterocycles. The minimum Gasteiger partial charge on any atom is -0.462 e. The average molecular weight is 956 g/mol. The van der Waals surface area contributed by atoms with Crippen LogP contribution in [0.25, 0.3) is 0 Å². The first kappa shape index (κ1) is 64.8. The van der Waals surface area contributed by atoms with Crippen LogP contribution in [0.15, 0.2) is 122 Å². The molecular formula is C63H102O6. The standard InChI is InChI=1S/C63H102O6/c1-4-7-10-13-16-19-22-25-28-31-32-33-36-38-41-44-47-50-53-56-62(65)68-59-60(69-63(66)57-54-51-48-45-42-39-35-30-27-24-21-18-15-12-9-6-3)58-67-61(64)55-52-49-46-43-40-37-34-29-26-23-20-17-14-11-8-5-2/h8-9,11-12,17-18,20-21,26-27,29-30,37,39-40,42,46,48-49,51,60H,4-7,10,13-16,19,22-25,28,31-36,38,41,43-45,47,50,52-59H2,1-3H3/b11-8-,12-9-,20-17-,21-18-,29-26-,30-27-,40-37-,42-39-,49-46-,51-48-. The Morgan fingerprint density at radius 3 is 0.884 bits per heavy atom. The fourth-order valence-electron chi connectivity index (χ4n) is 7.36. The molecule has 1 atom stereocenters.